The van der Waals surface area contributed by atoms with E-state index >= 15 is 0 Å². The highest BCUT2D eigenvalue weighted by Gasteiger charge is 2.42. The Morgan fingerprint density at radius 1 is 1.18 bits per heavy atom. The quantitative estimate of drug-likeness (QED) is 0.631. The smallest absolute Gasteiger partial charge is 0.273 e. The van der Waals surface area contributed by atoms with E-state index in [1.807, 2.05) is 13.0 Å². The molecule has 0 saturated carbocycles. The first-order chi connectivity index (χ1) is 13.6. The molecule has 144 valence electrons. The highest BCUT2D eigenvalue weighted by Crippen LogP contribution is 2.45. The Hall–Kier alpha value is -3.48. The van der Waals surface area contributed by atoms with Crippen molar-refractivity contribution in [2.75, 3.05) is 13.7 Å². The van der Waals surface area contributed by atoms with Gasteiger partial charge in [0.05, 0.1) is 13.2 Å². The van der Waals surface area contributed by atoms with Gasteiger partial charge < -0.3 is 19.8 Å². The number of hydrogen-bond donors (Lipinski definition) is 3. The zero-order valence-corrected chi connectivity index (χ0v) is 15.6. The summed E-state index contributed by atoms with van der Waals surface area (Å²) in [5.41, 5.74) is 3.03. The van der Waals surface area contributed by atoms with Gasteiger partial charge in [-0.3, -0.25) is 9.89 Å². The normalized spacial score (nSPS) is 15.7. The molecule has 3 N–H and O–H groups in total. The number of aromatic hydroxyl groups is 2. The fourth-order valence-electron chi connectivity index (χ4n) is 3.76. The summed E-state index contributed by atoms with van der Waals surface area (Å²) in [7, 11) is 1.49. The van der Waals surface area contributed by atoms with Crippen molar-refractivity contribution in [3.8, 4) is 28.5 Å². The molecule has 7 nitrogen and oxygen atoms in total. The van der Waals surface area contributed by atoms with E-state index in [-0.39, 0.29) is 17.4 Å². The average molecular weight is 379 g/mol. The summed E-state index contributed by atoms with van der Waals surface area (Å²) in [4.78, 5) is 14.8. The average Bonchev–Trinajstić information content (AvgIpc) is 3.23. The molecule has 1 aromatic heterocycles. The first kappa shape index (κ1) is 17.9. The lowest BCUT2D eigenvalue weighted by Gasteiger charge is -2.26. The summed E-state index contributed by atoms with van der Waals surface area (Å²) in [6.45, 7) is 2.58. The second-order valence-corrected chi connectivity index (χ2v) is 6.71. The third-order valence-corrected chi connectivity index (χ3v) is 5.01. The molecule has 7 heteroatoms. The number of H-pyrrole nitrogens is 1. The van der Waals surface area contributed by atoms with E-state index in [1.54, 1.807) is 41.3 Å². The molecule has 1 aliphatic rings. The fraction of sp³-hybridized carbons (Fsp3) is 0.238. The molecule has 1 amide bonds. The summed E-state index contributed by atoms with van der Waals surface area (Å²) in [6.07, 6.45) is 0.793. The lowest BCUT2D eigenvalue weighted by molar-refractivity contribution is 0.0744. The number of para-hydroxylation sites is 1. The van der Waals surface area contributed by atoms with Crippen molar-refractivity contribution < 1.29 is 19.7 Å². The number of phenolic OH excluding ortho intramolecular Hbond substituents is 2. The van der Waals surface area contributed by atoms with Crippen LogP contribution in [0, 0.1) is 0 Å². The minimum absolute atomic E-state index is 0.0333. The number of phenols is 2. The van der Waals surface area contributed by atoms with Crippen LogP contribution in [0.25, 0.3) is 11.3 Å². The van der Waals surface area contributed by atoms with Crippen LogP contribution in [-0.4, -0.2) is 44.9 Å². The van der Waals surface area contributed by atoms with E-state index in [0.717, 1.165) is 12.0 Å². The van der Waals surface area contributed by atoms with E-state index in [2.05, 4.69) is 10.2 Å². The van der Waals surface area contributed by atoms with Gasteiger partial charge in [0, 0.05) is 17.7 Å². The number of carbonyl (C=O) groups is 1. The van der Waals surface area contributed by atoms with Crippen molar-refractivity contribution in [1.82, 2.24) is 15.1 Å². The number of amides is 1. The lowest BCUT2D eigenvalue weighted by atomic mass is 9.95. The molecule has 0 radical (unpaired) electrons. The van der Waals surface area contributed by atoms with Crippen LogP contribution in [0.15, 0.2) is 42.5 Å². The van der Waals surface area contributed by atoms with Crippen molar-refractivity contribution >= 4 is 5.91 Å². The molecule has 2 heterocycles. The highest BCUT2D eigenvalue weighted by atomic mass is 16.5. The molecule has 28 heavy (non-hydrogen) atoms. The predicted octanol–water partition coefficient (Wildman–Crippen LogP) is 3.45. The molecule has 3 aromatic rings. The van der Waals surface area contributed by atoms with Crippen molar-refractivity contribution in [3.63, 3.8) is 0 Å². The van der Waals surface area contributed by atoms with Crippen LogP contribution < -0.4 is 4.74 Å². The number of benzene rings is 2. The zero-order chi connectivity index (χ0) is 19.8. The standard InChI is InChI=1S/C21H21N3O4/c1-3-10-24-20(12-8-9-15(26)16(11-12)28-2)17-18(22-23-19(17)21(24)27)13-6-4-5-7-14(13)25/h4-9,11,20,25-26H,3,10H2,1-2H3,(H,22,23). The van der Waals surface area contributed by atoms with Gasteiger partial charge in [-0.15, -0.1) is 0 Å². The maximum Gasteiger partial charge on any atom is 0.273 e. The second-order valence-electron chi connectivity index (χ2n) is 6.71. The number of nitrogens with zero attached hydrogens (tertiary/aromatic N) is 2. The predicted molar refractivity (Wildman–Crippen MR) is 104 cm³/mol. The number of fused-ring (bicyclic) bond motifs is 1. The lowest BCUT2D eigenvalue weighted by Crippen LogP contribution is -2.30. The summed E-state index contributed by atoms with van der Waals surface area (Å²) < 4.78 is 5.25. The Kier molecular flexibility index (Phi) is 4.43. The van der Waals surface area contributed by atoms with Crippen LogP contribution in [0.4, 0.5) is 0 Å². The van der Waals surface area contributed by atoms with Gasteiger partial charge in [0.1, 0.15) is 17.1 Å². The molecule has 1 unspecified atom stereocenters. The molecule has 0 spiro atoms. The van der Waals surface area contributed by atoms with Crippen LogP contribution in [-0.2, 0) is 0 Å². The van der Waals surface area contributed by atoms with Crippen molar-refractivity contribution in [2.45, 2.75) is 19.4 Å². The van der Waals surface area contributed by atoms with Crippen LogP contribution in [0.3, 0.4) is 0 Å². The molecule has 0 saturated heterocycles. The van der Waals surface area contributed by atoms with Crippen LogP contribution >= 0.6 is 0 Å². The van der Waals surface area contributed by atoms with Crippen molar-refractivity contribution in [2.24, 2.45) is 0 Å². The maximum atomic E-state index is 13.0. The molecular formula is C21H21N3O4. The molecule has 4 rings (SSSR count). The fourth-order valence-corrected chi connectivity index (χ4v) is 3.76. The first-order valence-electron chi connectivity index (χ1n) is 9.11. The topological polar surface area (TPSA) is 98.7 Å². The third kappa shape index (κ3) is 2.67. The number of aromatic nitrogens is 2. The van der Waals surface area contributed by atoms with Crippen LogP contribution in [0.2, 0.25) is 0 Å². The summed E-state index contributed by atoms with van der Waals surface area (Å²) in [5.74, 6) is 0.330. The maximum absolute atomic E-state index is 13.0. The van der Waals surface area contributed by atoms with Gasteiger partial charge in [0.25, 0.3) is 5.91 Å². The van der Waals surface area contributed by atoms with Crippen molar-refractivity contribution in [3.05, 3.63) is 59.3 Å². The van der Waals surface area contributed by atoms with E-state index in [4.69, 9.17) is 4.74 Å². The van der Waals surface area contributed by atoms with E-state index in [0.29, 0.717) is 34.8 Å². The second kappa shape index (κ2) is 6.92. The first-order valence-corrected chi connectivity index (χ1v) is 9.11. The van der Waals surface area contributed by atoms with E-state index < -0.39 is 6.04 Å². The molecule has 1 atom stereocenters. The zero-order valence-electron chi connectivity index (χ0n) is 15.6. The Balaban J connectivity index is 1.92. The minimum Gasteiger partial charge on any atom is -0.507 e. The third-order valence-electron chi connectivity index (χ3n) is 5.01. The monoisotopic (exact) mass is 379 g/mol. The van der Waals surface area contributed by atoms with Gasteiger partial charge in [0.2, 0.25) is 0 Å². The molecular weight excluding hydrogens is 358 g/mol. The SMILES string of the molecule is CCCN1C(=O)c2[nH]nc(-c3ccccc3O)c2C1c1ccc(O)c(OC)c1. The molecule has 1 aliphatic heterocycles. The Labute approximate surface area is 162 Å². The van der Waals surface area contributed by atoms with E-state index in [1.165, 1.54) is 7.11 Å². The molecule has 0 aliphatic carbocycles. The van der Waals surface area contributed by atoms with Crippen LogP contribution in [0.5, 0.6) is 17.2 Å². The molecule has 0 bridgehead atoms. The minimum atomic E-state index is -0.398. The van der Waals surface area contributed by atoms with Gasteiger partial charge in [-0.2, -0.15) is 5.10 Å². The van der Waals surface area contributed by atoms with Gasteiger partial charge in [0.15, 0.2) is 11.5 Å². The molecule has 2 aromatic carbocycles. The number of ether oxygens (including phenoxy) is 1. The summed E-state index contributed by atoms with van der Waals surface area (Å²) >= 11 is 0. The number of nitrogens with one attached hydrogen (secondary N) is 1. The van der Waals surface area contributed by atoms with Crippen LogP contribution in [0.1, 0.15) is 41.0 Å². The number of aromatic amines is 1. The van der Waals surface area contributed by atoms with Gasteiger partial charge in [-0.05, 0) is 36.2 Å². The Morgan fingerprint density at radius 2 is 1.96 bits per heavy atom. The number of hydrogen-bond acceptors (Lipinski definition) is 5. The number of carbonyl (C=O) groups excluding carboxylic acids is 1. The summed E-state index contributed by atoms with van der Waals surface area (Å²) in [5, 5.41) is 27.5. The van der Waals surface area contributed by atoms with Gasteiger partial charge in [-0.1, -0.05) is 25.1 Å². The largest absolute Gasteiger partial charge is 0.507 e. The number of methoxy groups -OCH3 is 1. The van der Waals surface area contributed by atoms with Gasteiger partial charge in [-0.25, -0.2) is 0 Å². The highest BCUT2D eigenvalue weighted by molar-refractivity contribution is 6.00. The Morgan fingerprint density at radius 3 is 2.68 bits per heavy atom. The number of rotatable bonds is 5. The summed E-state index contributed by atoms with van der Waals surface area (Å²) in [6, 6.07) is 11.6. The Bertz CT molecular complexity index is 1040. The van der Waals surface area contributed by atoms with Crippen molar-refractivity contribution in [1.29, 1.82) is 0 Å². The van der Waals surface area contributed by atoms with E-state index in [9.17, 15) is 15.0 Å². The molecule has 0 fully saturated rings. The van der Waals surface area contributed by atoms with Gasteiger partial charge >= 0.3 is 0 Å².